The molecule has 2 rings (SSSR count). The van der Waals surface area contributed by atoms with Crippen molar-refractivity contribution in [3.8, 4) is 16.9 Å². The second-order valence-corrected chi connectivity index (χ2v) is 4.22. The molecule has 106 valence electrons. The van der Waals surface area contributed by atoms with E-state index in [1.165, 1.54) is 7.11 Å². The number of nitrogens with zero attached hydrogens (tertiary/aromatic N) is 2. The van der Waals surface area contributed by atoms with E-state index in [0.29, 0.717) is 11.3 Å². The Labute approximate surface area is 122 Å². The number of ether oxygens (including phenoxy) is 2. The largest absolute Gasteiger partial charge is 0.497 e. The summed E-state index contributed by atoms with van der Waals surface area (Å²) in [6.45, 7) is 0. The van der Waals surface area contributed by atoms with Crippen LogP contribution < -0.4 is 4.74 Å². The van der Waals surface area contributed by atoms with Gasteiger partial charge in [0.25, 0.3) is 0 Å². The molecule has 21 heavy (non-hydrogen) atoms. The summed E-state index contributed by atoms with van der Waals surface area (Å²) in [5.74, 6) is -0.00398. The Morgan fingerprint density at radius 3 is 2.52 bits per heavy atom. The molecule has 0 aromatic heterocycles. The van der Waals surface area contributed by atoms with Gasteiger partial charge < -0.3 is 15.0 Å². The van der Waals surface area contributed by atoms with Crippen LogP contribution >= 0.6 is 0 Å². The van der Waals surface area contributed by atoms with Gasteiger partial charge in [-0.1, -0.05) is 30.3 Å². The molecule has 2 aromatic carbocycles. The molecule has 0 aliphatic rings. The SMILES string of the molecule is COC(=O)C(=[N+]=[N-])c1ccccc1-c1cccc(OC)c1. The Kier molecular flexibility index (Phi) is 4.49. The third kappa shape index (κ3) is 2.99. The van der Waals surface area contributed by atoms with Crippen molar-refractivity contribution in [2.45, 2.75) is 0 Å². The van der Waals surface area contributed by atoms with E-state index < -0.39 is 5.97 Å². The molecule has 0 radical (unpaired) electrons. The third-order valence-corrected chi connectivity index (χ3v) is 3.04. The van der Waals surface area contributed by atoms with Crippen molar-refractivity contribution in [3.05, 3.63) is 59.6 Å². The summed E-state index contributed by atoms with van der Waals surface area (Å²) in [7, 11) is 2.82. The van der Waals surface area contributed by atoms with Crippen LogP contribution in [0.5, 0.6) is 5.75 Å². The molecule has 5 nitrogen and oxygen atoms in total. The van der Waals surface area contributed by atoms with Gasteiger partial charge in [-0.3, -0.25) is 0 Å². The van der Waals surface area contributed by atoms with Crippen LogP contribution in [0.2, 0.25) is 0 Å². The zero-order valence-electron chi connectivity index (χ0n) is 11.7. The van der Waals surface area contributed by atoms with E-state index in [4.69, 9.17) is 10.3 Å². The highest BCUT2D eigenvalue weighted by Crippen LogP contribution is 2.27. The summed E-state index contributed by atoms with van der Waals surface area (Å²) in [5, 5.41) is 0. The van der Waals surface area contributed by atoms with Gasteiger partial charge >= 0.3 is 11.7 Å². The fourth-order valence-corrected chi connectivity index (χ4v) is 2.03. The number of benzene rings is 2. The molecule has 0 atom stereocenters. The maximum absolute atomic E-state index is 11.7. The van der Waals surface area contributed by atoms with Gasteiger partial charge in [0.2, 0.25) is 0 Å². The molecular weight excluding hydrogens is 268 g/mol. The lowest BCUT2D eigenvalue weighted by atomic mass is 9.96. The summed E-state index contributed by atoms with van der Waals surface area (Å²) in [6, 6.07) is 14.5. The van der Waals surface area contributed by atoms with Crippen molar-refractivity contribution in [1.82, 2.24) is 0 Å². The Morgan fingerprint density at radius 1 is 1.10 bits per heavy atom. The van der Waals surface area contributed by atoms with Gasteiger partial charge in [0, 0.05) is 0 Å². The minimum absolute atomic E-state index is 0.143. The quantitative estimate of drug-likeness (QED) is 0.374. The van der Waals surface area contributed by atoms with Crippen molar-refractivity contribution >= 4 is 11.7 Å². The fourth-order valence-electron chi connectivity index (χ4n) is 2.03. The van der Waals surface area contributed by atoms with Crippen molar-refractivity contribution in [2.24, 2.45) is 0 Å². The normalized spacial score (nSPS) is 9.62. The van der Waals surface area contributed by atoms with E-state index in [-0.39, 0.29) is 5.71 Å². The summed E-state index contributed by atoms with van der Waals surface area (Å²) in [5.41, 5.74) is 11.0. The molecule has 0 aliphatic carbocycles. The van der Waals surface area contributed by atoms with E-state index in [1.807, 2.05) is 36.4 Å². The molecule has 0 aliphatic heterocycles. The Morgan fingerprint density at radius 2 is 1.86 bits per heavy atom. The van der Waals surface area contributed by atoms with Crippen LogP contribution in [0, 0.1) is 0 Å². The van der Waals surface area contributed by atoms with E-state index >= 15 is 0 Å². The number of hydrogen-bond acceptors (Lipinski definition) is 3. The van der Waals surface area contributed by atoms with Crippen LogP contribution in [-0.2, 0) is 9.53 Å². The van der Waals surface area contributed by atoms with Crippen LogP contribution in [0.4, 0.5) is 0 Å². The Balaban J connectivity index is 2.60. The van der Waals surface area contributed by atoms with Crippen molar-refractivity contribution < 1.29 is 19.1 Å². The van der Waals surface area contributed by atoms with E-state index in [1.54, 1.807) is 19.2 Å². The average Bonchev–Trinajstić information content (AvgIpc) is 2.55. The van der Waals surface area contributed by atoms with Crippen LogP contribution in [0.3, 0.4) is 0 Å². The highest BCUT2D eigenvalue weighted by atomic mass is 16.5. The van der Waals surface area contributed by atoms with Crippen LogP contribution in [0.25, 0.3) is 16.7 Å². The molecule has 5 heteroatoms. The molecule has 0 bridgehead atoms. The van der Waals surface area contributed by atoms with Gasteiger partial charge in [-0.15, -0.1) is 0 Å². The number of carbonyl (C=O) groups is 1. The van der Waals surface area contributed by atoms with E-state index in [0.717, 1.165) is 11.1 Å². The predicted octanol–water partition coefficient (Wildman–Crippen LogP) is 2.55. The first-order valence-electron chi connectivity index (χ1n) is 6.25. The smallest absolute Gasteiger partial charge is 0.422 e. The van der Waals surface area contributed by atoms with Crippen LogP contribution in [-0.4, -0.2) is 30.7 Å². The summed E-state index contributed by atoms with van der Waals surface area (Å²) in [6.07, 6.45) is 0. The molecule has 0 heterocycles. The summed E-state index contributed by atoms with van der Waals surface area (Å²) < 4.78 is 9.84. The van der Waals surface area contributed by atoms with E-state index in [2.05, 4.69) is 9.53 Å². The second-order valence-electron chi connectivity index (χ2n) is 4.22. The minimum atomic E-state index is -0.701. The lowest BCUT2D eigenvalue weighted by Gasteiger charge is -2.07. The molecule has 0 saturated heterocycles. The average molecular weight is 282 g/mol. The summed E-state index contributed by atoms with van der Waals surface area (Å²) in [4.78, 5) is 14.8. The lowest BCUT2D eigenvalue weighted by molar-refractivity contribution is -0.137. The third-order valence-electron chi connectivity index (χ3n) is 3.04. The lowest BCUT2D eigenvalue weighted by Crippen LogP contribution is -2.19. The van der Waals surface area contributed by atoms with Gasteiger partial charge in [-0.2, -0.15) is 4.79 Å². The zero-order chi connectivity index (χ0) is 15.2. The van der Waals surface area contributed by atoms with Gasteiger partial charge in [-0.25, -0.2) is 4.79 Å². The zero-order valence-corrected chi connectivity index (χ0v) is 11.7. The number of carbonyl (C=O) groups excluding carboxylic acids is 1. The first-order chi connectivity index (χ1) is 10.2. The van der Waals surface area contributed by atoms with Gasteiger partial charge in [0.05, 0.1) is 19.8 Å². The first kappa shape index (κ1) is 14.5. The molecule has 0 amide bonds. The fraction of sp³-hybridized carbons (Fsp3) is 0.125. The van der Waals surface area contributed by atoms with Crippen molar-refractivity contribution in [2.75, 3.05) is 14.2 Å². The van der Waals surface area contributed by atoms with Gasteiger partial charge in [-0.05, 0) is 29.3 Å². The molecule has 0 saturated carbocycles. The molecular formula is C16H14N2O3. The monoisotopic (exact) mass is 282 g/mol. The minimum Gasteiger partial charge on any atom is -0.497 e. The maximum Gasteiger partial charge on any atom is 0.422 e. The van der Waals surface area contributed by atoms with E-state index in [9.17, 15) is 4.79 Å². The number of esters is 1. The number of methoxy groups -OCH3 is 2. The Bertz CT molecular complexity index is 719. The number of rotatable bonds is 4. The molecule has 0 unspecified atom stereocenters. The van der Waals surface area contributed by atoms with Gasteiger partial charge in [0.15, 0.2) is 0 Å². The Hall–Kier alpha value is -2.91. The van der Waals surface area contributed by atoms with Crippen LogP contribution in [0.15, 0.2) is 48.5 Å². The molecule has 0 fully saturated rings. The van der Waals surface area contributed by atoms with Gasteiger partial charge in [0.1, 0.15) is 5.75 Å². The molecule has 0 spiro atoms. The highest BCUT2D eigenvalue weighted by Gasteiger charge is 2.26. The maximum atomic E-state index is 11.7. The number of hydrogen-bond donors (Lipinski definition) is 0. The summed E-state index contributed by atoms with van der Waals surface area (Å²) >= 11 is 0. The second kappa shape index (κ2) is 6.50. The van der Waals surface area contributed by atoms with Crippen molar-refractivity contribution in [1.29, 1.82) is 0 Å². The molecule has 2 aromatic rings. The standard InChI is InChI=1S/C16H14N2O3/c1-20-12-7-5-6-11(10-12)13-8-3-4-9-14(13)15(18-17)16(19)21-2/h3-10H,1-2H3. The van der Waals surface area contributed by atoms with Crippen molar-refractivity contribution in [3.63, 3.8) is 0 Å². The molecule has 0 N–H and O–H groups in total. The van der Waals surface area contributed by atoms with Crippen LogP contribution in [0.1, 0.15) is 5.56 Å². The first-order valence-corrected chi connectivity index (χ1v) is 6.25. The predicted molar refractivity (Wildman–Crippen MR) is 78.2 cm³/mol. The topological polar surface area (TPSA) is 71.9 Å². The highest BCUT2D eigenvalue weighted by molar-refractivity contribution is 6.42.